The number of rotatable bonds is 8. The summed E-state index contributed by atoms with van der Waals surface area (Å²) in [7, 11) is 1.50. The Morgan fingerprint density at radius 1 is 1.00 bits per heavy atom. The van der Waals surface area contributed by atoms with Gasteiger partial charge in [-0.15, -0.1) is 0 Å². The zero-order valence-electron chi connectivity index (χ0n) is 21.7. The lowest BCUT2D eigenvalue weighted by atomic mass is 9.94. The summed E-state index contributed by atoms with van der Waals surface area (Å²) in [6, 6.07) is 17.4. The molecule has 1 saturated heterocycles. The van der Waals surface area contributed by atoms with Crippen molar-refractivity contribution in [1.29, 1.82) is 0 Å². The van der Waals surface area contributed by atoms with E-state index in [4.69, 9.17) is 14.2 Å². The first-order valence-electron chi connectivity index (χ1n) is 12.2. The summed E-state index contributed by atoms with van der Waals surface area (Å²) in [6.45, 7) is 5.69. The van der Waals surface area contributed by atoms with Crippen LogP contribution in [-0.4, -0.2) is 36.5 Å². The molecule has 0 saturated carbocycles. The van der Waals surface area contributed by atoms with Crippen molar-refractivity contribution in [3.8, 4) is 17.2 Å². The Labute approximate surface area is 221 Å². The van der Waals surface area contributed by atoms with Crippen molar-refractivity contribution in [2.45, 2.75) is 33.2 Å². The van der Waals surface area contributed by atoms with Gasteiger partial charge < -0.3 is 19.3 Å². The molecule has 0 aliphatic carbocycles. The molecular weight excluding hydrogens is 486 g/mol. The van der Waals surface area contributed by atoms with Crippen LogP contribution in [0.1, 0.15) is 43.0 Å². The number of amides is 1. The Balaban J connectivity index is 1.90. The summed E-state index contributed by atoms with van der Waals surface area (Å²) in [6.07, 6.45) is 0.849. The number of benzene rings is 3. The van der Waals surface area contributed by atoms with Crippen molar-refractivity contribution < 1.29 is 33.7 Å². The third kappa shape index (κ3) is 5.25. The smallest absolute Gasteiger partial charge is 0.308 e. The van der Waals surface area contributed by atoms with Crippen LogP contribution in [0.5, 0.6) is 17.2 Å². The van der Waals surface area contributed by atoms with Crippen LogP contribution in [-0.2, 0) is 14.4 Å². The van der Waals surface area contributed by atoms with Gasteiger partial charge >= 0.3 is 5.97 Å². The van der Waals surface area contributed by atoms with E-state index in [9.17, 15) is 19.5 Å². The summed E-state index contributed by atoms with van der Waals surface area (Å²) >= 11 is 0. The Kier molecular flexibility index (Phi) is 7.81. The average Bonchev–Trinajstić information content (AvgIpc) is 3.17. The number of aryl methyl sites for hydroxylation is 1. The van der Waals surface area contributed by atoms with Crippen molar-refractivity contribution in [3.05, 3.63) is 89.0 Å². The first-order valence-corrected chi connectivity index (χ1v) is 12.2. The van der Waals surface area contributed by atoms with Crippen LogP contribution in [0.4, 0.5) is 5.69 Å². The molecule has 1 aliphatic heterocycles. The van der Waals surface area contributed by atoms with Crippen LogP contribution >= 0.6 is 0 Å². The van der Waals surface area contributed by atoms with Gasteiger partial charge in [0, 0.05) is 24.2 Å². The molecule has 1 unspecified atom stereocenters. The van der Waals surface area contributed by atoms with Crippen LogP contribution in [0.2, 0.25) is 0 Å². The minimum absolute atomic E-state index is 0.0839. The molecule has 0 radical (unpaired) electrons. The highest BCUT2D eigenvalue weighted by molar-refractivity contribution is 6.51. The minimum atomic E-state index is -0.992. The van der Waals surface area contributed by atoms with Crippen molar-refractivity contribution in [3.63, 3.8) is 0 Å². The van der Waals surface area contributed by atoms with E-state index >= 15 is 0 Å². The maximum atomic E-state index is 13.4. The second-order valence-corrected chi connectivity index (χ2v) is 8.87. The number of hydrogen-bond donors (Lipinski definition) is 1. The number of aliphatic hydroxyl groups is 1. The van der Waals surface area contributed by atoms with Crippen LogP contribution in [0.25, 0.3) is 5.76 Å². The van der Waals surface area contributed by atoms with Gasteiger partial charge in [0.25, 0.3) is 11.7 Å². The molecule has 4 rings (SSSR count). The zero-order chi connectivity index (χ0) is 27.4. The Morgan fingerprint density at radius 2 is 1.74 bits per heavy atom. The van der Waals surface area contributed by atoms with E-state index in [0.29, 0.717) is 34.9 Å². The third-order valence-corrected chi connectivity index (χ3v) is 6.12. The van der Waals surface area contributed by atoms with Gasteiger partial charge in [0.2, 0.25) is 0 Å². The quantitative estimate of drug-likeness (QED) is 0.142. The van der Waals surface area contributed by atoms with Gasteiger partial charge in [0.1, 0.15) is 23.0 Å². The monoisotopic (exact) mass is 515 g/mol. The predicted octanol–water partition coefficient (Wildman–Crippen LogP) is 5.34. The fourth-order valence-electron chi connectivity index (χ4n) is 4.41. The minimum Gasteiger partial charge on any atom is -0.507 e. The fraction of sp³-hybridized carbons (Fsp3) is 0.233. The van der Waals surface area contributed by atoms with E-state index in [1.54, 1.807) is 66.7 Å². The number of aliphatic hydroxyl groups excluding tert-OH is 1. The Morgan fingerprint density at radius 3 is 2.42 bits per heavy atom. The molecule has 3 aromatic rings. The third-order valence-electron chi connectivity index (χ3n) is 6.12. The molecule has 1 heterocycles. The lowest BCUT2D eigenvalue weighted by Crippen LogP contribution is -2.29. The molecule has 1 aliphatic rings. The van der Waals surface area contributed by atoms with Gasteiger partial charge in [-0.2, -0.15) is 0 Å². The van der Waals surface area contributed by atoms with Crippen LogP contribution in [0, 0.1) is 6.92 Å². The van der Waals surface area contributed by atoms with Crippen LogP contribution in [0.15, 0.2) is 72.3 Å². The molecule has 1 amide bonds. The Hall–Kier alpha value is -4.59. The van der Waals surface area contributed by atoms with Crippen molar-refractivity contribution in [2.24, 2.45) is 0 Å². The van der Waals surface area contributed by atoms with Crippen molar-refractivity contribution >= 4 is 29.1 Å². The normalized spacial score (nSPS) is 16.4. The van der Waals surface area contributed by atoms with Gasteiger partial charge in [-0.25, -0.2) is 0 Å². The van der Waals surface area contributed by atoms with Gasteiger partial charge in [-0.3, -0.25) is 19.3 Å². The van der Waals surface area contributed by atoms with E-state index in [1.807, 2.05) is 13.8 Å². The summed E-state index contributed by atoms with van der Waals surface area (Å²) in [4.78, 5) is 39.8. The summed E-state index contributed by atoms with van der Waals surface area (Å²) in [5.74, 6) is -1.05. The van der Waals surface area contributed by atoms with Gasteiger partial charge in [0.05, 0.1) is 25.3 Å². The van der Waals surface area contributed by atoms with E-state index in [-0.39, 0.29) is 17.1 Å². The first kappa shape index (κ1) is 26.5. The molecule has 1 atom stereocenters. The molecular formula is C30H29NO7. The highest BCUT2D eigenvalue weighted by Crippen LogP contribution is 2.43. The standard InChI is InChI=1S/C30H29NO7/c1-5-14-37-25-13-12-21(15-18(25)2)28(33)26-27(20-8-6-11-24(16-20)38-19(3)32)31(30(35)29(26)34)22-9-7-10-23(17-22)36-4/h6-13,15-17,27,33H,5,14H2,1-4H3/b28-26+. The molecule has 8 nitrogen and oxygen atoms in total. The SMILES string of the molecule is CCCOc1ccc(/C(O)=C2\C(=O)C(=O)N(c3cccc(OC)c3)C2c2cccc(OC(C)=O)c2)cc1C. The number of methoxy groups -OCH3 is 1. The van der Waals surface area contributed by atoms with Crippen molar-refractivity contribution in [2.75, 3.05) is 18.6 Å². The van der Waals surface area contributed by atoms with E-state index in [1.165, 1.54) is 18.9 Å². The Bertz CT molecular complexity index is 1430. The summed E-state index contributed by atoms with van der Waals surface area (Å²) in [5, 5.41) is 11.4. The molecule has 1 fully saturated rings. The molecule has 196 valence electrons. The lowest BCUT2D eigenvalue weighted by Gasteiger charge is -2.26. The second-order valence-electron chi connectivity index (χ2n) is 8.87. The maximum absolute atomic E-state index is 13.4. The topological polar surface area (TPSA) is 102 Å². The molecule has 0 bridgehead atoms. The zero-order valence-corrected chi connectivity index (χ0v) is 21.7. The number of anilines is 1. The number of nitrogens with zero attached hydrogens (tertiary/aromatic N) is 1. The molecule has 1 N–H and O–H groups in total. The highest BCUT2D eigenvalue weighted by Gasteiger charge is 2.47. The van der Waals surface area contributed by atoms with Gasteiger partial charge in [-0.1, -0.05) is 25.1 Å². The highest BCUT2D eigenvalue weighted by atomic mass is 16.5. The summed E-state index contributed by atoms with van der Waals surface area (Å²) in [5.41, 5.74) is 1.95. The average molecular weight is 516 g/mol. The van der Waals surface area contributed by atoms with Gasteiger partial charge in [-0.05, 0) is 66.9 Å². The number of ketones is 1. The van der Waals surface area contributed by atoms with E-state index in [0.717, 1.165) is 12.0 Å². The molecule has 3 aromatic carbocycles. The fourth-order valence-corrected chi connectivity index (χ4v) is 4.41. The number of hydrogen-bond acceptors (Lipinski definition) is 7. The number of carbonyl (C=O) groups is 3. The molecule has 8 heteroatoms. The first-order chi connectivity index (χ1) is 18.2. The maximum Gasteiger partial charge on any atom is 0.308 e. The largest absolute Gasteiger partial charge is 0.507 e. The lowest BCUT2D eigenvalue weighted by molar-refractivity contribution is -0.132. The molecule has 0 spiro atoms. The van der Waals surface area contributed by atoms with E-state index < -0.39 is 23.7 Å². The van der Waals surface area contributed by atoms with Crippen LogP contribution < -0.4 is 19.1 Å². The number of ether oxygens (including phenoxy) is 3. The number of carbonyl (C=O) groups excluding carboxylic acids is 3. The number of esters is 1. The molecule has 0 aromatic heterocycles. The van der Waals surface area contributed by atoms with Crippen molar-refractivity contribution in [1.82, 2.24) is 0 Å². The van der Waals surface area contributed by atoms with E-state index in [2.05, 4.69) is 0 Å². The van der Waals surface area contributed by atoms with Gasteiger partial charge in [0.15, 0.2) is 0 Å². The molecule has 38 heavy (non-hydrogen) atoms. The predicted molar refractivity (Wildman–Crippen MR) is 142 cm³/mol. The summed E-state index contributed by atoms with van der Waals surface area (Å²) < 4.78 is 16.3. The second kappa shape index (κ2) is 11.2. The number of Topliss-reactive ketones (excluding diaryl/α,β-unsaturated/α-hetero) is 1. The van der Waals surface area contributed by atoms with Crippen LogP contribution in [0.3, 0.4) is 0 Å².